The van der Waals surface area contributed by atoms with Crippen molar-refractivity contribution in [2.45, 2.75) is 19.4 Å². The van der Waals surface area contributed by atoms with Crippen LogP contribution in [0.4, 0.5) is 5.69 Å². The Kier molecular flexibility index (Phi) is 4.54. The molecule has 2 aromatic carbocycles. The highest BCUT2D eigenvalue weighted by molar-refractivity contribution is 6.08. The lowest BCUT2D eigenvalue weighted by atomic mass is 10.1. The molecule has 0 bridgehead atoms. The fourth-order valence-electron chi connectivity index (χ4n) is 3.15. The highest BCUT2D eigenvalue weighted by Crippen LogP contribution is 2.34. The molecule has 1 atom stereocenters. The summed E-state index contributed by atoms with van der Waals surface area (Å²) in [7, 11) is 0. The van der Waals surface area contributed by atoms with Crippen LogP contribution in [0.2, 0.25) is 0 Å². The van der Waals surface area contributed by atoms with Crippen LogP contribution in [0.3, 0.4) is 0 Å². The molecule has 4 rings (SSSR count). The molecule has 1 aliphatic rings. The van der Waals surface area contributed by atoms with Gasteiger partial charge in [-0.1, -0.05) is 37.3 Å². The van der Waals surface area contributed by atoms with Crippen LogP contribution in [-0.4, -0.2) is 31.0 Å². The van der Waals surface area contributed by atoms with E-state index in [4.69, 9.17) is 9.15 Å². The van der Waals surface area contributed by atoms with Crippen LogP contribution < -0.4 is 15.0 Å². The number of hydrogen-bond donors (Lipinski definition) is 1. The van der Waals surface area contributed by atoms with Crippen molar-refractivity contribution in [2.75, 3.05) is 18.0 Å². The van der Waals surface area contributed by atoms with E-state index in [9.17, 15) is 9.59 Å². The van der Waals surface area contributed by atoms with Crippen molar-refractivity contribution >= 4 is 28.5 Å². The molecule has 6 heteroatoms. The quantitative estimate of drug-likeness (QED) is 0.770. The Morgan fingerprint density at radius 2 is 1.93 bits per heavy atom. The van der Waals surface area contributed by atoms with E-state index in [1.807, 2.05) is 43.3 Å². The van der Waals surface area contributed by atoms with Crippen LogP contribution >= 0.6 is 0 Å². The van der Waals surface area contributed by atoms with Gasteiger partial charge in [-0.3, -0.25) is 14.5 Å². The van der Waals surface area contributed by atoms with Gasteiger partial charge >= 0.3 is 0 Å². The van der Waals surface area contributed by atoms with Crippen LogP contribution in [0.15, 0.2) is 59.0 Å². The third-order valence-corrected chi connectivity index (χ3v) is 4.50. The monoisotopic (exact) mass is 364 g/mol. The molecule has 27 heavy (non-hydrogen) atoms. The maximum absolute atomic E-state index is 13.2. The van der Waals surface area contributed by atoms with Gasteiger partial charge in [0.25, 0.3) is 11.8 Å². The molecule has 0 saturated heterocycles. The molecule has 138 valence electrons. The number of nitrogens with one attached hydrogen (secondary N) is 1. The van der Waals surface area contributed by atoms with E-state index in [2.05, 4.69) is 5.32 Å². The van der Waals surface area contributed by atoms with E-state index >= 15 is 0 Å². The molecule has 1 aromatic heterocycles. The third kappa shape index (κ3) is 3.26. The lowest BCUT2D eigenvalue weighted by Crippen LogP contribution is -2.50. The Labute approximate surface area is 156 Å². The first-order valence-corrected chi connectivity index (χ1v) is 9.01. The van der Waals surface area contributed by atoms with Gasteiger partial charge in [-0.2, -0.15) is 0 Å². The Bertz CT molecular complexity index is 962. The van der Waals surface area contributed by atoms with Gasteiger partial charge in [0.15, 0.2) is 11.9 Å². The second kappa shape index (κ2) is 7.15. The van der Waals surface area contributed by atoms with E-state index in [0.29, 0.717) is 23.6 Å². The van der Waals surface area contributed by atoms with Gasteiger partial charge in [0.05, 0.1) is 12.2 Å². The van der Waals surface area contributed by atoms with Gasteiger partial charge in [-0.05, 0) is 30.7 Å². The Balaban J connectivity index is 1.67. The average Bonchev–Trinajstić information content (AvgIpc) is 3.15. The zero-order chi connectivity index (χ0) is 18.8. The number of hydrogen-bond acceptors (Lipinski definition) is 4. The summed E-state index contributed by atoms with van der Waals surface area (Å²) in [5.74, 6) is 0.217. The minimum Gasteiger partial charge on any atom is -0.477 e. The second-order valence-electron chi connectivity index (χ2n) is 6.43. The summed E-state index contributed by atoms with van der Waals surface area (Å²) in [5.41, 5.74) is 1.28. The van der Waals surface area contributed by atoms with Crippen molar-refractivity contribution in [3.05, 3.63) is 60.4 Å². The first-order valence-electron chi connectivity index (χ1n) is 9.01. The predicted octanol–water partition coefficient (Wildman–Crippen LogP) is 3.37. The van der Waals surface area contributed by atoms with Gasteiger partial charge in [0.2, 0.25) is 0 Å². The number of benzene rings is 2. The van der Waals surface area contributed by atoms with Crippen molar-refractivity contribution in [1.82, 2.24) is 5.32 Å². The zero-order valence-corrected chi connectivity index (χ0v) is 15.0. The van der Waals surface area contributed by atoms with Gasteiger partial charge < -0.3 is 14.5 Å². The van der Waals surface area contributed by atoms with Crippen molar-refractivity contribution in [3.63, 3.8) is 0 Å². The number of amides is 2. The van der Waals surface area contributed by atoms with Crippen LogP contribution in [-0.2, 0) is 4.79 Å². The normalized spacial score (nSPS) is 15.9. The molecule has 0 radical (unpaired) electrons. The van der Waals surface area contributed by atoms with E-state index in [1.54, 1.807) is 23.1 Å². The first kappa shape index (κ1) is 17.1. The summed E-state index contributed by atoms with van der Waals surface area (Å²) in [5, 5.41) is 3.69. The molecule has 6 nitrogen and oxygen atoms in total. The number of furan rings is 1. The highest BCUT2D eigenvalue weighted by atomic mass is 16.5. The Hall–Kier alpha value is -3.28. The van der Waals surface area contributed by atoms with E-state index < -0.39 is 6.10 Å². The van der Waals surface area contributed by atoms with Gasteiger partial charge in [-0.15, -0.1) is 0 Å². The summed E-state index contributed by atoms with van der Waals surface area (Å²) < 4.78 is 11.6. The van der Waals surface area contributed by atoms with Crippen LogP contribution in [0.1, 0.15) is 23.9 Å². The number of rotatable bonds is 4. The molecule has 2 heterocycles. The lowest BCUT2D eigenvalue weighted by molar-refractivity contribution is -0.127. The largest absolute Gasteiger partial charge is 0.477 e. The molecule has 0 spiro atoms. The van der Waals surface area contributed by atoms with Gasteiger partial charge in [0, 0.05) is 11.9 Å². The molecule has 1 aliphatic heterocycles. The SMILES string of the molecule is CCCNC(=O)[C@H]1CN(C(=O)c2cc3ccccc3o2)c2ccccc2O1. The molecular formula is C21H20N2O4. The number of anilines is 1. The highest BCUT2D eigenvalue weighted by Gasteiger charge is 2.35. The molecular weight excluding hydrogens is 344 g/mol. The average molecular weight is 364 g/mol. The summed E-state index contributed by atoms with van der Waals surface area (Å²) in [6.07, 6.45) is 0.0659. The standard InChI is InChI=1S/C21H20N2O4/c1-2-11-22-20(24)19-13-23(15-8-4-6-10-17(15)27-19)21(25)18-12-14-7-3-5-9-16(14)26-18/h3-10,12,19H,2,11,13H2,1H3,(H,22,24)/t19-/m1/s1. The Morgan fingerprint density at radius 1 is 1.15 bits per heavy atom. The number of para-hydroxylation sites is 3. The van der Waals surface area contributed by atoms with E-state index in [1.165, 1.54) is 0 Å². The maximum atomic E-state index is 13.2. The summed E-state index contributed by atoms with van der Waals surface area (Å²) in [6, 6.07) is 16.4. The van der Waals surface area contributed by atoms with E-state index in [-0.39, 0.29) is 24.1 Å². The number of fused-ring (bicyclic) bond motifs is 2. The molecule has 3 aromatic rings. The Morgan fingerprint density at radius 3 is 2.74 bits per heavy atom. The van der Waals surface area contributed by atoms with Crippen molar-refractivity contribution in [1.29, 1.82) is 0 Å². The summed E-state index contributed by atoms with van der Waals surface area (Å²) in [6.45, 7) is 2.68. The van der Waals surface area contributed by atoms with E-state index in [0.717, 1.165) is 11.8 Å². The second-order valence-corrected chi connectivity index (χ2v) is 6.43. The predicted molar refractivity (Wildman–Crippen MR) is 102 cm³/mol. The molecule has 0 unspecified atom stereocenters. The lowest BCUT2D eigenvalue weighted by Gasteiger charge is -2.33. The van der Waals surface area contributed by atoms with Crippen LogP contribution in [0.5, 0.6) is 5.75 Å². The number of carbonyl (C=O) groups excluding carboxylic acids is 2. The van der Waals surface area contributed by atoms with Gasteiger partial charge in [0.1, 0.15) is 11.3 Å². The fraction of sp³-hybridized carbons (Fsp3) is 0.238. The zero-order valence-electron chi connectivity index (χ0n) is 15.0. The van der Waals surface area contributed by atoms with Crippen LogP contribution in [0, 0.1) is 0 Å². The van der Waals surface area contributed by atoms with Crippen molar-refractivity contribution in [3.8, 4) is 5.75 Å². The van der Waals surface area contributed by atoms with Gasteiger partial charge in [-0.25, -0.2) is 0 Å². The number of carbonyl (C=O) groups is 2. The minimum absolute atomic E-state index is 0.127. The number of nitrogens with zero attached hydrogens (tertiary/aromatic N) is 1. The molecule has 0 saturated carbocycles. The van der Waals surface area contributed by atoms with Crippen molar-refractivity contribution in [2.24, 2.45) is 0 Å². The minimum atomic E-state index is -0.764. The summed E-state index contributed by atoms with van der Waals surface area (Å²) >= 11 is 0. The smallest absolute Gasteiger partial charge is 0.294 e. The third-order valence-electron chi connectivity index (χ3n) is 4.50. The molecule has 0 aliphatic carbocycles. The maximum Gasteiger partial charge on any atom is 0.294 e. The van der Waals surface area contributed by atoms with Crippen molar-refractivity contribution < 1.29 is 18.7 Å². The fourth-order valence-corrected chi connectivity index (χ4v) is 3.15. The first-order chi connectivity index (χ1) is 13.2. The molecule has 1 N–H and O–H groups in total. The topological polar surface area (TPSA) is 71.8 Å². The van der Waals surface area contributed by atoms with Crippen LogP contribution in [0.25, 0.3) is 11.0 Å². The number of ether oxygens (including phenoxy) is 1. The summed E-state index contributed by atoms with van der Waals surface area (Å²) in [4.78, 5) is 27.1. The molecule has 2 amide bonds. The molecule has 0 fully saturated rings.